The van der Waals surface area contributed by atoms with Crippen LogP contribution in [0.2, 0.25) is 0 Å². The first kappa shape index (κ1) is 18.2. The molecule has 1 atom stereocenters. The number of sulfonamides is 1. The molecule has 3 heterocycles. The van der Waals surface area contributed by atoms with E-state index in [9.17, 15) is 8.42 Å². The van der Waals surface area contributed by atoms with Crippen molar-refractivity contribution in [1.29, 1.82) is 0 Å². The lowest BCUT2D eigenvalue weighted by atomic mass is 9.99. The molecule has 25 heavy (non-hydrogen) atoms. The van der Waals surface area contributed by atoms with Gasteiger partial charge >= 0.3 is 0 Å². The van der Waals surface area contributed by atoms with E-state index >= 15 is 0 Å². The number of thiophene rings is 1. The lowest BCUT2D eigenvalue weighted by Crippen LogP contribution is -2.39. The Bertz CT molecular complexity index is 800. The summed E-state index contributed by atoms with van der Waals surface area (Å²) in [6.07, 6.45) is 7.42. The Morgan fingerprint density at radius 2 is 2.08 bits per heavy atom. The third kappa shape index (κ3) is 4.15. The fraction of sp³-hybridized carbons (Fsp3) is 0.500. The van der Waals surface area contributed by atoms with E-state index in [-0.39, 0.29) is 0 Å². The Balaban J connectivity index is 1.74. The van der Waals surface area contributed by atoms with Crippen LogP contribution in [0.5, 0.6) is 0 Å². The highest BCUT2D eigenvalue weighted by atomic mass is 32.2. The molecular weight excluding hydrogens is 354 g/mol. The molecule has 1 unspecified atom stereocenters. The molecule has 1 saturated heterocycles. The van der Waals surface area contributed by atoms with Gasteiger partial charge in [0.25, 0.3) is 10.0 Å². The molecular formula is C18H25N3O2S2. The second-order valence-corrected chi connectivity index (χ2v) is 9.41. The molecule has 3 rings (SSSR count). The SMILES string of the molecule is CCc1ccc(S(=O)(=O)Nc2ccc(N3CCCCC3CC)cn2)s1. The first-order chi connectivity index (χ1) is 12.0. The summed E-state index contributed by atoms with van der Waals surface area (Å²) in [7, 11) is -3.56. The third-order valence-electron chi connectivity index (χ3n) is 4.67. The monoisotopic (exact) mass is 379 g/mol. The van der Waals surface area contributed by atoms with Crippen molar-refractivity contribution in [3.05, 3.63) is 35.3 Å². The van der Waals surface area contributed by atoms with E-state index in [1.165, 1.54) is 30.6 Å². The van der Waals surface area contributed by atoms with Crippen LogP contribution in [0.4, 0.5) is 11.5 Å². The average molecular weight is 380 g/mol. The molecule has 1 N–H and O–H groups in total. The second kappa shape index (κ2) is 7.74. The van der Waals surface area contributed by atoms with Crippen LogP contribution in [0, 0.1) is 0 Å². The summed E-state index contributed by atoms with van der Waals surface area (Å²) in [6.45, 7) is 5.27. The normalized spacial score (nSPS) is 18.3. The number of hydrogen-bond donors (Lipinski definition) is 1. The number of rotatable bonds is 6. The first-order valence-corrected chi connectivity index (χ1v) is 11.2. The Kier molecular flexibility index (Phi) is 5.64. The third-order valence-corrected chi connectivity index (χ3v) is 7.74. The summed E-state index contributed by atoms with van der Waals surface area (Å²) >= 11 is 1.30. The van der Waals surface area contributed by atoms with Gasteiger partial charge in [-0.3, -0.25) is 4.72 Å². The van der Waals surface area contributed by atoms with Gasteiger partial charge in [-0.15, -0.1) is 11.3 Å². The predicted molar refractivity (Wildman–Crippen MR) is 104 cm³/mol. The van der Waals surface area contributed by atoms with Crippen molar-refractivity contribution in [3.63, 3.8) is 0 Å². The number of aryl methyl sites for hydroxylation is 1. The molecule has 0 spiro atoms. The standard InChI is InChI=1S/C18H25N3O2S2/c1-3-14-7-5-6-12-21(14)15-8-10-17(19-13-15)20-25(22,23)18-11-9-16(4-2)24-18/h8-11,13-14H,3-7,12H2,1-2H3,(H,19,20). The van der Waals surface area contributed by atoms with Gasteiger partial charge in [0.05, 0.1) is 11.9 Å². The van der Waals surface area contributed by atoms with Gasteiger partial charge in [-0.05, 0) is 56.4 Å². The largest absolute Gasteiger partial charge is 0.367 e. The Hall–Kier alpha value is -1.60. The molecule has 0 amide bonds. The number of nitrogens with zero attached hydrogens (tertiary/aromatic N) is 2. The number of nitrogens with one attached hydrogen (secondary N) is 1. The van der Waals surface area contributed by atoms with E-state index in [0.29, 0.717) is 16.1 Å². The number of pyridine rings is 1. The molecule has 1 fully saturated rings. The quantitative estimate of drug-likeness (QED) is 0.814. The van der Waals surface area contributed by atoms with Gasteiger partial charge in [0.2, 0.25) is 0 Å². The minimum Gasteiger partial charge on any atom is -0.367 e. The lowest BCUT2D eigenvalue weighted by Gasteiger charge is -2.37. The van der Waals surface area contributed by atoms with Crippen molar-refractivity contribution in [3.8, 4) is 0 Å². The summed E-state index contributed by atoms with van der Waals surface area (Å²) in [6, 6.07) is 7.78. The van der Waals surface area contributed by atoms with Crippen molar-refractivity contribution < 1.29 is 8.42 Å². The molecule has 0 aromatic carbocycles. The number of hydrogen-bond acceptors (Lipinski definition) is 5. The van der Waals surface area contributed by atoms with Crippen LogP contribution in [0.25, 0.3) is 0 Å². The van der Waals surface area contributed by atoms with Crippen molar-refractivity contribution in [2.24, 2.45) is 0 Å². The molecule has 1 aliphatic rings. The first-order valence-electron chi connectivity index (χ1n) is 8.87. The summed E-state index contributed by atoms with van der Waals surface area (Å²) in [4.78, 5) is 7.78. The Labute approximate surface area is 154 Å². The van der Waals surface area contributed by atoms with Crippen LogP contribution < -0.4 is 9.62 Å². The molecule has 2 aromatic heterocycles. The highest BCUT2D eigenvalue weighted by Gasteiger charge is 2.22. The summed E-state index contributed by atoms with van der Waals surface area (Å²) in [5, 5.41) is 0. The maximum Gasteiger partial charge on any atom is 0.272 e. The number of anilines is 2. The highest BCUT2D eigenvalue weighted by Crippen LogP contribution is 2.28. The second-order valence-electron chi connectivity index (χ2n) is 6.33. The summed E-state index contributed by atoms with van der Waals surface area (Å²) in [5.74, 6) is 0.361. The number of aromatic nitrogens is 1. The minimum absolute atomic E-state index is 0.331. The molecule has 0 saturated carbocycles. The van der Waals surface area contributed by atoms with Gasteiger partial charge in [-0.25, -0.2) is 13.4 Å². The summed E-state index contributed by atoms with van der Waals surface area (Å²) in [5.41, 5.74) is 1.07. The van der Waals surface area contributed by atoms with E-state index in [1.54, 1.807) is 18.3 Å². The smallest absolute Gasteiger partial charge is 0.272 e. The topological polar surface area (TPSA) is 62.3 Å². The van der Waals surface area contributed by atoms with Gasteiger partial charge in [-0.2, -0.15) is 0 Å². The van der Waals surface area contributed by atoms with Crippen molar-refractivity contribution in [2.45, 2.75) is 56.2 Å². The Morgan fingerprint density at radius 3 is 2.72 bits per heavy atom. The molecule has 5 nitrogen and oxygen atoms in total. The predicted octanol–water partition coefficient (Wildman–Crippen LogP) is 4.28. The van der Waals surface area contributed by atoms with E-state index in [2.05, 4.69) is 21.5 Å². The molecule has 136 valence electrons. The molecule has 0 radical (unpaired) electrons. The molecule has 2 aromatic rings. The zero-order valence-corrected chi connectivity index (χ0v) is 16.4. The Morgan fingerprint density at radius 1 is 1.24 bits per heavy atom. The van der Waals surface area contributed by atoms with E-state index in [4.69, 9.17) is 0 Å². The van der Waals surface area contributed by atoms with Gasteiger partial charge < -0.3 is 4.90 Å². The van der Waals surface area contributed by atoms with Gasteiger partial charge in [0.1, 0.15) is 10.0 Å². The van der Waals surface area contributed by atoms with Crippen molar-refractivity contribution in [1.82, 2.24) is 4.98 Å². The van der Waals surface area contributed by atoms with E-state index in [1.807, 2.05) is 19.1 Å². The van der Waals surface area contributed by atoms with Crippen LogP contribution in [0.3, 0.4) is 0 Å². The van der Waals surface area contributed by atoms with Crippen LogP contribution in [-0.2, 0) is 16.4 Å². The molecule has 0 aliphatic carbocycles. The van der Waals surface area contributed by atoms with E-state index in [0.717, 1.165) is 30.0 Å². The zero-order chi connectivity index (χ0) is 17.9. The van der Waals surface area contributed by atoms with Gasteiger partial charge in [-0.1, -0.05) is 13.8 Å². The number of piperidine rings is 1. The van der Waals surface area contributed by atoms with Gasteiger partial charge in [0.15, 0.2) is 0 Å². The minimum atomic E-state index is -3.56. The maximum atomic E-state index is 12.5. The average Bonchev–Trinajstić information content (AvgIpc) is 3.12. The van der Waals surface area contributed by atoms with E-state index < -0.39 is 10.0 Å². The van der Waals surface area contributed by atoms with Crippen molar-refractivity contribution >= 4 is 32.9 Å². The fourth-order valence-electron chi connectivity index (χ4n) is 3.26. The maximum absolute atomic E-state index is 12.5. The van der Waals surface area contributed by atoms with Crippen molar-refractivity contribution in [2.75, 3.05) is 16.2 Å². The van der Waals surface area contributed by atoms with Crippen LogP contribution in [0.15, 0.2) is 34.7 Å². The van der Waals surface area contributed by atoms with Crippen LogP contribution >= 0.6 is 11.3 Å². The summed E-state index contributed by atoms with van der Waals surface area (Å²) < 4.78 is 27.8. The molecule has 1 aliphatic heterocycles. The zero-order valence-electron chi connectivity index (χ0n) is 14.7. The molecule has 0 bridgehead atoms. The fourth-order valence-corrected chi connectivity index (χ4v) is 5.57. The molecule has 7 heteroatoms. The highest BCUT2D eigenvalue weighted by molar-refractivity contribution is 7.94. The lowest BCUT2D eigenvalue weighted by molar-refractivity contribution is 0.449. The van der Waals surface area contributed by atoms with Crippen LogP contribution in [-0.4, -0.2) is 26.0 Å². The van der Waals surface area contributed by atoms with Crippen LogP contribution in [0.1, 0.15) is 44.4 Å². The van der Waals surface area contributed by atoms with Gasteiger partial charge in [0, 0.05) is 17.5 Å².